The van der Waals surface area contributed by atoms with E-state index in [9.17, 15) is 0 Å². The van der Waals surface area contributed by atoms with Crippen molar-refractivity contribution in [3.63, 3.8) is 0 Å². The highest BCUT2D eigenvalue weighted by atomic mass is 16.5. The minimum atomic E-state index is 0.749. The predicted octanol–water partition coefficient (Wildman–Crippen LogP) is 2.39. The van der Waals surface area contributed by atoms with Crippen molar-refractivity contribution in [3.05, 3.63) is 60.4 Å². The molecule has 1 aliphatic heterocycles. The highest BCUT2D eigenvalue weighted by Gasteiger charge is 2.02. The Labute approximate surface area is 77.1 Å². The molecule has 0 fully saturated rings. The van der Waals surface area contributed by atoms with Crippen LogP contribution in [0.5, 0.6) is 0 Å². The number of hydrogen-bond donors (Lipinski definition) is 0. The Morgan fingerprint density at radius 2 is 2.00 bits per heavy atom. The van der Waals surface area contributed by atoms with Crippen LogP contribution in [0.1, 0.15) is 5.56 Å². The molecule has 0 unspecified atom stereocenters. The predicted molar refractivity (Wildman–Crippen MR) is 48.2 cm³/mol. The van der Waals surface area contributed by atoms with Crippen molar-refractivity contribution in [3.8, 4) is 0 Å². The van der Waals surface area contributed by atoms with Gasteiger partial charge in [0, 0.05) is 6.42 Å². The van der Waals surface area contributed by atoms with Crippen LogP contribution in [-0.2, 0) is 15.9 Å². The van der Waals surface area contributed by atoms with Gasteiger partial charge in [0.05, 0.1) is 0 Å². The summed E-state index contributed by atoms with van der Waals surface area (Å²) in [7, 11) is 0. The molecule has 0 atom stereocenters. The summed E-state index contributed by atoms with van der Waals surface area (Å²) in [6.45, 7) is 0. The zero-order valence-electron chi connectivity index (χ0n) is 7.07. The van der Waals surface area contributed by atoms with Crippen LogP contribution in [0.15, 0.2) is 48.6 Å². The van der Waals surface area contributed by atoms with Crippen LogP contribution < -0.4 is 0 Å². The molecule has 0 N–H and O–H groups in total. The van der Waals surface area contributed by atoms with Gasteiger partial charge in [-0.2, -0.15) is 0 Å². The van der Waals surface area contributed by atoms with Gasteiger partial charge in [0.2, 0.25) is 6.26 Å². The minimum Gasteiger partial charge on any atom is -0.462 e. The molecule has 0 saturated carbocycles. The molecule has 1 aliphatic rings. The van der Waals surface area contributed by atoms with Gasteiger partial charge in [-0.25, -0.2) is 0 Å². The van der Waals surface area contributed by atoms with Crippen LogP contribution in [-0.4, -0.2) is 0 Å². The van der Waals surface area contributed by atoms with Crippen molar-refractivity contribution in [1.29, 1.82) is 0 Å². The van der Waals surface area contributed by atoms with E-state index in [0.717, 1.165) is 12.2 Å². The maximum Gasteiger partial charge on any atom is 0.207 e. The normalized spacial score (nSPS) is 14.3. The lowest BCUT2D eigenvalue weighted by Crippen LogP contribution is -1.96. The van der Waals surface area contributed by atoms with E-state index in [1.165, 1.54) is 11.8 Å². The van der Waals surface area contributed by atoms with Crippen molar-refractivity contribution >= 4 is 0 Å². The van der Waals surface area contributed by atoms with E-state index in [4.69, 9.17) is 9.47 Å². The Hall–Kier alpha value is -1.70. The third-order valence-corrected chi connectivity index (χ3v) is 1.74. The van der Waals surface area contributed by atoms with E-state index < -0.39 is 0 Å². The van der Waals surface area contributed by atoms with E-state index in [1.807, 2.05) is 30.3 Å². The Morgan fingerprint density at radius 3 is 2.69 bits per heavy atom. The second-order valence-electron chi connectivity index (χ2n) is 2.72. The first-order chi connectivity index (χ1) is 6.45. The summed E-state index contributed by atoms with van der Waals surface area (Å²) >= 11 is 0. The van der Waals surface area contributed by atoms with Gasteiger partial charge in [0.15, 0.2) is 0 Å². The molecule has 13 heavy (non-hydrogen) atoms. The summed E-state index contributed by atoms with van der Waals surface area (Å²) in [5.41, 5.74) is 1.20. The van der Waals surface area contributed by atoms with Crippen LogP contribution in [0.3, 0.4) is 0 Å². The molecule has 0 saturated heterocycles. The van der Waals surface area contributed by atoms with E-state index in [2.05, 4.69) is 6.26 Å². The number of benzene rings is 1. The van der Waals surface area contributed by atoms with Crippen LogP contribution in [0.2, 0.25) is 0 Å². The summed E-state index contributed by atoms with van der Waals surface area (Å²) < 4.78 is 10.0. The third kappa shape index (κ3) is 2.12. The molecule has 1 heterocycles. The zero-order valence-corrected chi connectivity index (χ0v) is 7.07. The molecule has 1 aromatic rings. The summed E-state index contributed by atoms with van der Waals surface area (Å²) in [6.07, 6.45) is 6.20. The molecule has 0 bridgehead atoms. The minimum absolute atomic E-state index is 0.749. The van der Waals surface area contributed by atoms with Gasteiger partial charge in [0.1, 0.15) is 18.3 Å². The molecule has 0 aromatic heterocycles. The highest BCUT2D eigenvalue weighted by Crippen LogP contribution is 2.11. The topological polar surface area (TPSA) is 18.5 Å². The van der Waals surface area contributed by atoms with Crippen molar-refractivity contribution in [2.24, 2.45) is 0 Å². The number of allylic oxidation sites excluding steroid dienone is 1. The van der Waals surface area contributed by atoms with Crippen molar-refractivity contribution in [2.75, 3.05) is 0 Å². The number of hydrogen-bond acceptors (Lipinski definition) is 2. The van der Waals surface area contributed by atoms with E-state index >= 15 is 0 Å². The standard InChI is InChI=1S/C11H9O2/c1-2-4-10(5-3-1)8-11-9-12-6-7-13-11/h1-5,7,9H,8H2. The zero-order chi connectivity index (χ0) is 8.93. The molecule has 1 radical (unpaired) electrons. The summed E-state index contributed by atoms with van der Waals surface area (Å²) in [6, 6.07) is 10.1. The number of ether oxygens (including phenoxy) is 2. The lowest BCUT2D eigenvalue weighted by atomic mass is 10.1. The molecule has 65 valence electrons. The molecule has 2 rings (SSSR count). The quantitative estimate of drug-likeness (QED) is 0.683. The average Bonchev–Trinajstić information content (AvgIpc) is 2.21. The van der Waals surface area contributed by atoms with Crippen LogP contribution in [0, 0.1) is 6.26 Å². The van der Waals surface area contributed by atoms with Gasteiger partial charge in [-0.3, -0.25) is 0 Å². The lowest BCUT2D eigenvalue weighted by Gasteiger charge is -2.08. The average molecular weight is 173 g/mol. The lowest BCUT2D eigenvalue weighted by molar-refractivity contribution is 0.236. The second kappa shape index (κ2) is 3.81. The van der Waals surface area contributed by atoms with Gasteiger partial charge in [-0.05, 0) is 5.56 Å². The van der Waals surface area contributed by atoms with Gasteiger partial charge in [-0.1, -0.05) is 30.3 Å². The van der Waals surface area contributed by atoms with E-state index in [-0.39, 0.29) is 0 Å². The van der Waals surface area contributed by atoms with E-state index in [1.54, 1.807) is 6.26 Å². The molecule has 2 nitrogen and oxygen atoms in total. The second-order valence-corrected chi connectivity index (χ2v) is 2.72. The van der Waals surface area contributed by atoms with Crippen molar-refractivity contribution in [1.82, 2.24) is 0 Å². The summed E-state index contributed by atoms with van der Waals surface area (Å²) in [4.78, 5) is 0. The first kappa shape index (κ1) is 7.92. The maximum absolute atomic E-state index is 5.18. The SMILES string of the molecule is [C]1=COC(Cc2ccccc2)=CO1. The molecule has 1 aromatic carbocycles. The Bertz CT molecular complexity index is 325. The van der Waals surface area contributed by atoms with Crippen molar-refractivity contribution < 1.29 is 9.47 Å². The molecule has 0 amide bonds. The fraction of sp³-hybridized carbons (Fsp3) is 0.0909. The Kier molecular flexibility index (Phi) is 2.32. The first-order valence-corrected chi connectivity index (χ1v) is 4.07. The highest BCUT2D eigenvalue weighted by molar-refractivity contribution is 5.19. The van der Waals surface area contributed by atoms with E-state index in [0.29, 0.717) is 0 Å². The van der Waals surface area contributed by atoms with Crippen LogP contribution >= 0.6 is 0 Å². The summed E-state index contributed by atoms with van der Waals surface area (Å²) in [5, 5.41) is 0. The molecule has 2 heteroatoms. The first-order valence-electron chi connectivity index (χ1n) is 4.07. The molecular formula is C11H9O2. The van der Waals surface area contributed by atoms with Gasteiger partial charge >= 0.3 is 0 Å². The van der Waals surface area contributed by atoms with Gasteiger partial charge < -0.3 is 9.47 Å². The Morgan fingerprint density at radius 1 is 1.15 bits per heavy atom. The number of rotatable bonds is 2. The van der Waals surface area contributed by atoms with Gasteiger partial charge in [-0.15, -0.1) is 0 Å². The fourth-order valence-corrected chi connectivity index (χ4v) is 1.14. The van der Waals surface area contributed by atoms with Crippen LogP contribution in [0.4, 0.5) is 0 Å². The van der Waals surface area contributed by atoms with Crippen molar-refractivity contribution in [2.45, 2.75) is 6.42 Å². The monoisotopic (exact) mass is 173 g/mol. The van der Waals surface area contributed by atoms with Crippen LogP contribution in [0.25, 0.3) is 0 Å². The maximum atomic E-state index is 5.18. The summed E-state index contributed by atoms with van der Waals surface area (Å²) in [5.74, 6) is 0.796. The molecular weight excluding hydrogens is 164 g/mol. The third-order valence-electron chi connectivity index (χ3n) is 1.74. The largest absolute Gasteiger partial charge is 0.462 e. The van der Waals surface area contributed by atoms with Gasteiger partial charge in [0.25, 0.3) is 0 Å². The Balaban J connectivity index is 2.02. The smallest absolute Gasteiger partial charge is 0.207 e. The molecule has 0 spiro atoms. The fourth-order valence-electron chi connectivity index (χ4n) is 1.14. The molecule has 0 aliphatic carbocycles.